The fourth-order valence-electron chi connectivity index (χ4n) is 13.1. The van der Waals surface area contributed by atoms with Crippen molar-refractivity contribution >= 4 is 39.5 Å². The molecule has 0 aromatic heterocycles. The Labute approximate surface area is 632 Å². The van der Waals surface area contributed by atoms with Gasteiger partial charge < -0.3 is 33.8 Å². The first-order chi connectivity index (χ1) is 49.9. The number of carbonyl (C=O) groups is 4. The van der Waals surface area contributed by atoms with Crippen molar-refractivity contribution in [3.8, 4) is 0 Å². The maximum atomic E-state index is 13.1. The SMILES string of the molecule is CCCCCCCCCCCCCCCCCCCCCCC(=O)OC[C@H](COP(=O)(O)OC[C@@H](O)COP(=O)(O)OC[C@@H](COC(=O)CCCCCCCCCC)OC(=O)CCCCCCCCCCCCCC(C)C)OC(=O)CCCCCCCCCCCCCCCCCCCCC(C)C. The second kappa shape index (κ2) is 75.5. The van der Waals surface area contributed by atoms with Crippen LogP contribution in [0.15, 0.2) is 0 Å². The third-order valence-electron chi connectivity index (χ3n) is 19.7. The van der Waals surface area contributed by atoms with Gasteiger partial charge in [0.1, 0.15) is 19.3 Å². The molecule has 0 radical (unpaired) electrons. The number of aliphatic hydroxyl groups is 1. The van der Waals surface area contributed by atoms with E-state index in [0.29, 0.717) is 25.7 Å². The van der Waals surface area contributed by atoms with Crippen LogP contribution in [0.4, 0.5) is 0 Å². The molecule has 5 atom stereocenters. The lowest BCUT2D eigenvalue weighted by molar-refractivity contribution is -0.161. The van der Waals surface area contributed by atoms with Gasteiger partial charge in [0.25, 0.3) is 0 Å². The maximum absolute atomic E-state index is 13.1. The predicted molar refractivity (Wildman–Crippen MR) is 423 cm³/mol. The highest BCUT2D eigenvalue weighted by Crippen LogP contribution is 2.45. The molecule has 19 heteroatoms. The van der Waals surface area contributed by atoms with Gasteiger partial charge in [0.15, 0.2) is 12.2 Å². The molecular formula is C84H164O17P2. The molecular weight excluding hydrogens is 1340 g/mol. The zero-order valence-corrected chi connectivity index (χ0v) is 69.4. The Morgan fingerprint density at radius 3 is 0.660 bits per heavy atom. The third-order valence-corrected chi connectivity index (χ3v) is 21.6. The number of carbonyl (C=O) groups excluding carboxylic acids is 4. The highest BCUT2D eigenvalue weighted by atomic mass is 31.2. The number of ether oxygens (including phenoxy) is 4. The van der Waals surface area contributed by atoms with E-state index in [1.165, 1.54) is 257 Å². The van der Waals surface area contributed by atoms with E-state index in [1.54, 1.807) is 0 Å². The van der Waals surface area contributed by atoms with E-state index >= 15 is 0 Å². The molecule has 0 fully saturated rings. The molecule has 0 saturated heterocycles. The number of hydrogen-bond donors (Lipinski definition) is 3. The number of esters is 4. The van der Waals surface area contributed by atoms with Gasteiger partial charge in [-0.15, -0.1) is 0 Å². The lowest BCUT2D eigenvalue weighted by Gasteiger charge is -2.21. The van der Waals surface area contributed by atoms with Crippen LogP contribution < -0.4 is 0 Å². The van der Waals surface area contributed by atoms with Crippen LogP contribution in [0.3, 0.4) is 0 Å². The van der Waals surface area contributed by atoms with Gasteiger partial charge in [0.05, 0.1) is 26.4 Å². The molecule has 612 valence electrons. The van der Waals surface area contributed by atoms with Crippen molar-refractivity contribution in [1.82, 2.24) is 0 Å². The fraction of sp³-hybridized carbons (Fsp3) is 0.952. The second-order valence-electron chi connectivity index (χ2n) is 31.2. The Hall–Kier alpha value is -1.94. The Bertz CT molecular complexity index is 1980. The van der Waals surface area contributed by atoms with Gasteiger partial charge in [-0.05, 0) is 37.5 Å². The van der Waals surface area contributed by atoms with E-state index in [0.717, 1.165) is 108 Å². The number of phosphoric acid groups is 2. The number of hydrogen-bond acceptors (Lipinski definition) is 15. The zero-order valence-electron chi connectivity index (χ0n) is 67.6. The van der Waals surface area contributed by atoms with Crippen LogP contribution in [0.1, 0.15) is 446 Å². The molecule has 0 aromatic rings. The normalized spacial score (nSPS) is 13.9. The first-order valence-electron chi connectivity index (χ1n) is 43.5. The summed E-state index contributed by atoms with van der Waals surface area (Å²) in [6.07, 6.45) is 66.8. The van der Waals surface area contributed by atoms with E-state index in [1.807, 2.05) is 0 Å². The summed E-state index contributed by atoms with van der Waals surface area (Å²) in [7, 11) is -9.92. The zero-order chi connectivity index (χ0) is 75.6. The summed E-state index contributed by atoms with van der Waals surface area (Å²) in [5.41, 5.74) is 0. The lowest BCUT2D eigenvalue weighted by Crippen LogP contribution is -2.30. The topological polar surface area (TPSA) is 237 Å². The number of unbranched alkanes of at least 4 members (excludes halogenated alkanes) is 53. The molecule has 0 heterocycles. The predicted octanol–water partition coefficient (Wildman–Crippen LogP) is 25.5. The van der Waals surface area contributed by atoms with Crippen molar-refractivity contribution in [1.29, 1.82) is 0 Å². The van der Waals surface area contributed by atoms with Gasteiger partial charge in [-0.1, -0.05) is 395 Å². The highest BCUT2D eigenvalue weighted by molar-refractivity contribution is 7.47. The van der Waals surface area contributed by atoms with Crippen LogP contribution in [-0.4, -0.2) is 96.7 Å². The van der Waals surface area contributed by atoms with Crippen LogP contribution in [-0.2, 0) is 65.4 Å². The minimum Gasteiger partial charge on any atom is -0.462 e. The standard InChI is InChI=1S/C84H164O17P2/c1-7-9-11-13-15-17-18-19-20-21-22-23-27-30-33-38-43-49-55-61-67-82(87)95-73-80(101-83(88)68-62-56-50-44-39-34-31-28-25-24-26-29-32-36-41-46-52-58-64-76(3)4)75-99-103(92,93)97-71-78(85)70-96-102(90,91)98-74-79(72-94-81(86)66-60-54-48-16-14-12-10-8-2)100-84(89)69-63-57-51-45-40-35-37-42-47-53-59-65-77(5)6/h76-80,85H,7-75H2,1-6H3,(H,90,91)(H,92,93)/t78-,79+,80+/m0/s1. The average molecular weight is 1510 g/mol. The average Bonchev–Trinajstić information content (AvgIpc) is 0.929. The van der Waals surface area contributed by atoms with Crippen molar-refractivity contribution in [2.75, 3.05) is 39.6 Å². The van der Waals surface area contributed by atoms with E-state index in [2.05, 4.69) is 41.5 Å². The quantitative estimate of drug-likeness (QED) is 0.0222. The molecule has 0 bridgehead atoms. The van der Waals surface area contributed by atoms with E-state index < -0.39 is 97.5 Å². The second-order valence-corrected chi connectivity index (χ2v) is 34.1. The van der Waals surface area contributed by atoms with Gasteiger partial charge in [-0.2, -0.15) is 0 Å². The Kier molecular flexibility index (Phi) is 74.1. The largest absolute Gasteiger partial charge is 0.472 e. The first kappa shape index (κ1) is 101. The van der Waals surface area contributed by atoms with Crippen molar-refractivity contribution in [2.45, 2.75) is 464 Å². The van der Waals surface area contributed by atoms with E-state index in [9.17, 15) is 43.2 Å². The van der Waals surface area contributed by atoms with Crippen LogP contribution >= 0.6 is 15.6 Å². The summed E-state index contributed by atoms with van der Waals surface area (Å²) in [4.78, 5) is 73.0. The molecule has 0 spiro atoms. The fourth-order valence-corrected chi connectivity index (χ4v) is 14.6. The van der Waals surface area contributed by atoms with Crippen LogP contribution in [0.2, 0.25) is 0 Å². The van der Waals surface area contributed by atoms with Gasteiger partial charge in [0.2, 0.25) is 0 Å². The smallest absolute Gasteiger partial charge is 0.462 e. The minimum absolute atomic E-state index is 0.107. The molecule has 0 saturated carbocycles. The van der Waals surface area contributed by atoms with E-state index in [-0.39, 0.29) is 25.7 Å². The highest BCUT2D eigenvalue weighted by Gasteiger charge is 2.30. The van der Waals surface area contributed by atoms with E-state index in [4.69, 9.17) is 37.0 Å². The first-order valence-corrected chi connectivity index (χ1v) is 46.5. The molecule has 0 aliphatic rings. The minimum atomic E-state index is -4.96. The summed E-state index contributed by atoms with van der Waals surface area (Å²) in [5, 5.41) is 10.6. The lowest BCUT2D eigenvalue weighted by atomic mass is 10.0. The molecule has 2 unspecified atom stereocenters. The van der Waals surface area contributed by atoms with Crippen LogP contribution in [0.5, 0.6) is 0 Å². The summed E-state index contributed by atoms with van der Waals surface area (Å²) >= 11 is 0. The molecule has 0 aromatic carbocycles. The summed E-state index contributed by atoms with van der Waals surface area (Å²) in [5.74, 6) is -0.522. The van der Waals surface area contributed by atoms with Gasteiger partial charge in [0, 0.05) is 25.7 Å². The van der Waals surface area contributed by atoms with Crippen molar-refractivity contribution in [3.63, 3.8) is 0 Å². The van der Waals surface area contributed by atoms with Crippen molar-refractivity contribution in [3.05, 3.63) is 0 Å². The molecule has 17 nitrogen and oxygen atoms in total. The van der Waals surface area contributed by atoms with Crippen LogP contribution in [0, 0.1) is 11.8 Å². The Balaban J connectivity index is 5.18. The van der Waals surface area contributed by atoms with Crippen LogP contribution in [0.25, 0.3) is 0 Å². The molecule has 3 N–H and O–H groups in total. The Morgan fingerprint density at radius 1 is 0.262 bits per heavy atom. The van der Waals surface area contributed by atoms with Gasteiger partial charge in [-0.25, -0.2) is 9.13 Å². The number of aliphatic hydroxyl groups excluding tert-OH is 1. The summed E-state index contributed by atoms with van der Waals surface area (Å²) in [6.45, 7) is 9.66. The van der Waals surface area contributed by atoms with Gasteiger partial charge >= 0.3 is 39.5 Å². The number of phosphoric ester groups is 2. The van der Waals surface area contributed by atoms with Crippen molar-refractivity contribution in [2.24, 2.45) is 11.8 Å². The summed E-state index contributed by atoms with van der Waals surface area (Å²) < 4.78 is 68.7. The van der Waals surface area contributed by atoms with Crippen molar-refractivity contribution < 1.29 is 80.2 Å². The molecule has 0 aliphatic heterocycles. The molecule has 103 heavy (non-hydrogen) atoms. The van der Waals surface area contributed by atoms with Gasteiger partial charge in [-0.3, -0.25) is 37.3 Å². The third kappa shape index (κ3) is 78.0. The monoisotopic (exact) mass is 1510 g/mol. The molecule has 0 amide bonds. The molecule has 0 aliphatic carbocycles. The molecule has 0 rings (SSSR count). The summed E-state index contributed by atoms with van der Waals surface area (Å²) in [6, 6.07) is 0. The maximum Gasteiger partial charge on any atom is 0.472 e. The Morgan fingerprint density at radius 2 is 0.447 bits per heavy atom. The number of rotatable bonds is 83.